The summed E-state index contributed by atoms with van der Waals surface area (Å²) in [6.45, 7) is 0. The van der Waals surface area contributed by atoms with Crippen LogP contribution in [0.1, 0.15) is 0 Å². The summed E-state index contributed by atoms with van der Waals surface area (Å²) in [7, 11) is 0. The third-order valence-electron chi connectivity index (χ3n) is 3.69. The topological polar surface area (TPSA) is 76.5 Å². The van der Waals surface area contributed by atoms with Crippen molar-refractivity contribution in [2.45, 2.75) is 0 Å². The van der Waals surface area contributed by atoms with Crippen LogP contribution in [0.2, 0.25) is 0 Å². The zero-order valence-electron chi connectivity index (χ0n) is 13.0. The van der Waals surface area contributed by atoms with E-state index in [0.717, 1.165) is 16.8 Å². The number of hydrogen-bond acceptors (Lipinski definition) is 4. The maximum atomic E-state index is 12.6. The maximum Gasteiger partial charge on any atom is 0.280 e. The minimum atomic E-state index is -0.190. The summed E-state index contributed by atoms with van der Waals surface area (Å²) in [4.78, 5) is 16.6. The number of aromatic amines is 1. The average molecular weight is 352 g/mol. The second-order valence-electron chi connectivity index (χ2n) is 5.21. The van der Waals surface area contributed by atoms with Crippen LogP contribution in [0.4, 0.5) is 0 Å². The molecule has 124 valence electrons. The number of halogens is 1. The van der Waals surface area contributed by atoms with Crippen molar-refractivity contribution in [2.24, 2.45) is 0 Å². The molecule has 4 rings (SSSR count). The molecule has 3 heterocycles. The molecule has 25 heavy (non-hydrogen) atoms. The van der Waals surface area contributed by atoms with Crippen LogP contribution in [-0.2, 0) is 0 Å². The average Bonchev–Trinajstić information content (AvgIpc) is 3.05. The standard InChI is InChI=1S/C18H13N5O.ClH/c24-18-15(14-7-4-10-19-11-14)12-20-23(18)17-9-8-16(21-22-17)13-5-2-1-3-6-13;/h1-12,20H;1H. The molecule has 4 aromatic rings. The molecule has 6 nitrogen and oxygen atoms in total. The fourth-order valence-corrected chi connectivity index (χ4v) is 2.48. The Bertz CT molecular complexity index is 1010. The smallest absolute Gasteiger partial charge is 0.280 e. The predicted molar refractivity (Wildman–Crippen MR) is 97.9 cm³/mol. The van der Waals surface area contributed by atoms with Gasteiger partial charge in [-0.05, 0) is 18.2 Å². The quantitative estimate of drug-likeness (QED) is 0.615. The summed E-state index contributed by atoms with van der Waals surface area (Å²) in [5, 5.41) is 11.3. The molecule has 0 aliphatic carbocycles. The predicted octanol–water partition coefficient (Wildman–Crippen LogP) is 3.11. The normalized spacial score (nSPS) is 10.2. The van der Waals surface area contributed by atoms with Gasteiger partial charge in [0.05, 0.1) is 11.3 Å². The minimum Gasteiger partial charge on any atom is -0.296 e. The Morgan fingerprint density at radius 3 is 2.36 bits per heavy atom. The fourth-order valence-electron chi connectivity index (χ4n) is 2.48. The highest BCUT2D eigenvalue weighted by Gasteiger charge is 2.11. The molecule has 0 spiro atoms. The Balaban J connectivity index is 0.00000182. The van der Waals surface area contributed by atoms with Gasteiger partial charge in [-0.3, -0.25) is 14.9 Å². The lowest BCUT2D eigenvalue weighted by Gasteiger charge is -2.02. The summed E-state index contributed by atoms with van der Waals surface area (Å²) in [5.41, 5.74) is 2.84. The van der Waals surface area contributed by atoms with Crippen molar-refractivity contribution >= 4 is 12.4 Å². The summed E-state index contributed by atoms with van der Waals surface area (Å²) >= 11 is 0. The third kappa shape index (κ3) is 3.20. The Hall–Kier alpha value is -3.25. The largest absolute Gasteiger partial charge is 0.296 e. The van der Waals surface area contributed by atoms with E-state index in [2.05, 4.69) is 20.3 Å². The Labute approximate surface area is 149 Å². The molecule has 0 bridgehead atoms. The van der Waals surface area contributed by atoms with Crippen LogP contribution in [0.25, 0.3) is 28.2 Å². The summed E-state index contributed by atoms with van der Waals surface area (Å²) < 4.78 is 1.37. The SMILES string of the molecule is Cl.O=c1c(-c2cccnc2)c[nH]n1-c1ccc(-c2ccccc2)nn1. The molecular weight excluding hydrogens is 338 g/mol. The zero-order valence-corrected chi connectivity index (χ0v) is 13.9. The van der Waals surface area contributed by atoms with Crippen molar-refractivity contribution in [3.8, 4) is 28.2 Å². The number of pyridine rings is 1. The lowest BCUT2D eigenvalue weighted by atomic mass is 10.1. The molecule has 0 aliphatic rings. The van der Waals surface area contributed by atoms with E-state index in [1.54, 1.807) is 30.7 Å². The van der Waals surface area contributed by atoms with Gasteiger partial charge in [0.1, 0.15) is 0 Å². The molecule has 0 fully saturated rings. The van der Waals surface area contributed by atoms with Gasteiger partial charge in [0, 0.05) is 29.7 Å². The monoisotopic (exact) mass is 351 g/mol. The van der Waals surface area contributed by atoms with E-state index in [4.69, 9.17) is 0 Å². The highest BCUT2D eigenvalue weighted by molar-refractivity contribution is 5.85. The summed E-state index contributed by atoms with van der Waals surface area (Å²) in [6.07, 6.45) is 4.97. The Morgan fingerprint density at radius 1 is 0.880 bits per heavy atom. The molecule has 0 saturated carbocycles. The number of nitrogens with zero attached hydrogens (tertiary/aromatic N) is 4. The molecule has 3 aromatic heterocycles. The van der Waals surface area contributed by atoms with E-state index in [1.807, 2.05) is 42.5 Å². The van der Waals surface area contributed by atoms with E-state index < -0.39 is 0 Å². The van der Waals surface area contributed by atoms with Crippen LogP contribution in [0.5, 0.6) is 0 Å². The lowest BCUT2D eigenvalue weighted by molar-refractivity contribution is 0.793. The Morgan fingerprint density at radius 2 is 1.68 bits per heavy atom. The number of H-pyrrole nitrogens is 1. The Kier molecular flexibility index (Phi) is 4.72. The van der Waals surface area contributed by atoms with E-state index >= 15 is 0 Å². The lowest BCUT2D eigenvalue weighted by Crippen LogP contribution is -2.17. The van der Waals surface area contributed by atoms with Crippen molar-refractivity contribution in [1.29, 1.82) is 0 Å². The van der Waals surface area contributed by atoms with Gasteiger partial charge in [0.2, 0.25) is 0 Å². The van der Waals surface area contributed by atoms with Gasteiger partial charge >= 0.3 is 0 Å². The molecule has 0 aliphatic heterocycles. The van der Waals surface area contributed by atoms with Gasteiger partial charge in [-0.1, -0.05) is 36.4 Å². The third-order valence-corrected chi connectivity index (χ3v) is 3.69. The maximum absolute atomic E-state index is 12.6. The highest BCUT2D eigenvalue weighted by Crippen LogP contribution is 2.17. The van der Waals surface area contributed by atoms with Crippen molar-refractivity contribution < 1.29 is 0 Å². The number of nitrogens with one attached hydrogen (secondary N) is 1. The van der Waals surface area contributed by atoms with Gasteiger partial charge in [-0.2, -0.15) is 4.68 Å². The molecule has 0 saturated heterocycles. The van der Waals surface area contributed by atoms with Crippen LogP contribution in [0, 0.1) is 0 Å². The zero-order chi connectivity index (χ0) is 16.4. The second-order valence-corrected chi connectivity index (χ2v) is 5.21. The van der Waals surface area contributed by atoms with Crippen LogP contribution in [-0.4, -0.2) is 25.0 Å². The first-order valence-electron chi connectivity index (χ1n) is 7.43. The molecule has 1 N–H and O–H groups in total. The van der Waals surface area contributed by atoms with Crippen LogP contribution >= 0.6 is 12.4 Å². The number of rotatable bonds is 3. The minimum absolute atomic E-state index is 0. The highest BCUT2D eigenvalue weighted by atomic mass is 35.5. The molecule has 0 amide bonds. The van der Waals surface area contributed by atoms with E-state index in [0.29, 0.717) is 11.4 Å². The fraction of sp³-hybridized carbons (Fsp3) is 0. The molecule has 7 heteroatoms. The number of benzene rings is 1. The van der Waals surface area contributed by atoms with Gasteiger partial charge in [0.15, 0.2) is 5.82 Å². The van der Waals surface area contributed by atoms with Crippen molar-refractivity contribution in [1.82, 2.24) is 25.0 Å². The van der Waals surface area contributed by atoms with Crippen LogP contribution < -0.4 is 5.56 Å². The van der Waals surface area contributed by atoms with Gasteiger partial charge < -0.3 is 0 Å². The van der Waals surface area contributed by atoms with Crippen molar-refractivity contribution in [3.05, 3.63) is 83.5 Å². The van der Waals surface area contributed by atoms with Crippen LogP contribution in [0.3, 0.4) is 0 Å². The van der Waals surface area contributed by atoms with Crippen molar-refractivity contribution in [3.63, 3.8) is 0 Å². The first kappa shape index (κ1) is 16.6. The number of aromatic nitrogens is 5. The summed E-state index contributed by atoms with van der Waals surface area (Å²) in [5.74, 6) is 0.440. The molecule has 0 atom stereocenters. The van der Waals surface area contributed by atoms with Crippen molar-refractivity contribution in [2.75, 3.05) is 0 Å². The van der Waals surface area contributed by atoms with E-state index in [-0.39, 0.29) is 18.0 Å². The summed E-state index contributed by atoms with van der Waals surface area (Å²) in [6, 6.07) is 17.0. The molecular formula is C18H14ClN5O. The number of hydrogen-bond donors (Lipinski definition) is 1. The van der Waals surface area contributed by atoms with E-state index in [9.17, 15) is 4.79 Å². The van der Waals surface area contributed by atoms with E-state index in [1.165, 1.54) is 4.68 Å². The van der Waals surface area contributed by atoms with Gasteiger partial charge in [0.25, 0.3) is 5.56 Å². The first-order chi connectivity index (χ1) is 11.8. The van der Waals surface area contributed by atoms with Crippen LogP contribution in [0.15, 0.2) is 78.0 Å². The first-order valence-corrected chi connectivity index (χ1v) is 7.43. The second kappa shape index (κ2) is 7.11. The molecule has 0 radical (unpaired) electrons. The molecule has 0 unspecified atom stereocenters. The van der Waals surface area contributed by atoms with Gasteiger partial charge in [-0.15, -0.1) is 22.6 Å². The molecule has 1 aromatic carbocycles. The van der Waals surface area contributed by atoms with Gasteiger partial charge in [-0.25, -0.2) is 0 Å².